The van der Waals surface area contributed by atoms with Gasteiger partial charge in [-0.3, -0.25) is 0 Å². The van der Waals surface area contributed by atoms with Gasteiger partial charge in [0.05, 0.1) is 0 Å². The van der Waals surface area contributed by atoms with E-state index in [1.54, 1.807) is 13.3 Å². The van der Waals surface area contributed by atoms with Crippen LogP contribution < -0.4 is 0 Å². The summed E-state index contributed by atoms with van der Waals surface area (Å²) in [4.78, 5) is 0. The quantitative estimate of drug-likeness (QED) is 0.274. The molecule has 0 saturated heterocycles. The summed E-state index contributed by atoms with van der Waals surface area (Å²) in [5.74, 6) is 0. The molecule has 0 nitrogen and oxygen atoms in total. The molecule has 0 radical (unpaired) electrons. The van der Waals surface area contributed by atoms with Crippen molar-refractivity contribution < 1.29 is 0 Å². The van der Waals surface area contributed by atoms with E-state index in [0.717, 1.165) is 0 Å². The van der Waals surface area contributed by atoms with Crippen molar-refractivity contribution >= 4 is 18.4 Å². The summed E-state index contributed by atoms with van der Waals surface area (Å²) >= 11 is -1.99. The normalized spacial score (nSPS) is 21.0. The van der Waals surface area contributed by atoms with Crippen molar-refractivity contribution in [1.82, 2.24) is 0 Å². The minimum absolute atomic E-state index is 1.33. The minimum atomic E-state index is -1.99. The van der Waals surface area contributed by atoms with E-state index in [1.807, 2.05) is 0 Å². The molecule has 0 aliphatic heterocycles. The first-order valence-corrected chi connectivity index (χ1v) is 18.2. The Labute approximate surface area is 155 Å². The molecule has 0 heterocycles. The molecule has 1 heteroatoms. The number of allylic oxidation sites excluding steroid dienone is 10. The third-order valence-corrected chi connectivity index (χ3v) is 20.3. The molecule has 0 spiro atoms. The standard InChI is InChI=1S/C11H11.3C4H9.Sn/c1-2-8-11-9-6-4-3-5-7-10-11;3*1-3-4-2;/h2-10H,1H2;3*1,3-4H2,2H3;/b4-3-,5-3?,6-4?,7-5-,8-2-,9-6-,10-7?,11-9?,11-10-;;;;. The summed E-state index contributed by atoms with van der Waals surface area (Å²) in [6.45, 7) is 7.07. The zero-order valence-corrected chi connectivity index (χ0v) is 19.1. The SMILES string of the molecule is CCC[CH2][Sn]([CH2]\C=C/C1=C/C=C\C=C/C=C\1)([CH2]CCC)[CH2]CCC. The molecule has 1 aliphatic carbocycles. The molecule has 0 atom stereocenters. The molecular weight excluding hydrogens is 395 g/mol. The Morgan fingerprint density at radius 1 is 0.750 bits per heavy atom. The molecule has 0 N–H and O–H groups in total. The monoisotopic (exact) mass is 434 g/mol. The fourth-order valence-electron chi connectivity index (χ4n) is 3.47. The fourth-order valence-corrected chi connectivity index (χ4v) is 18.6. The van der Waals surface area contributed by atoms with Gasteiger partial charge in [-0.25, -0.2) is 0 Å². The Balaban J connectivity index is 2.78. The summed E-state index contributed by atoms with van der Waals surface area (Å²) in [5.41, 5.74) is 1.33. The molecule has 24 heavy (non-hydrogen) atoms. The van der Waals surface area contributed by atoms with Crippen molar-refractivity contribution in [2.45, 2.75) is 77.0 Å². The zero-order valence-electron chi connectivity index (χ0n) is 16.3. The summed E-state index contributed by atoms with van der Waals surface area (Å²) in [5, 5.41) is 0. The van der Waals surface area contributed by atoms with Crippen molar-refractivity contribution in [3.63, 3.8) is 0 Å². The topological polar surface area (TPSA) is 0 Å². The second-order valence-corrected chi connectivity index (χ2v) is 21.2. The molecule has 0 aromatic heterocycles. The Kier molecular flexibility index (Phi) is 12.3. The Morgan fingerprint density at radius 3 is 1.88 bits per heavy atom. The van der Waals surface area contributed by atoms with E-state index in [2.05, 4.69) is 75.5 Å². The Bertz CT molecular complexity index is 441. The molecule has 1 rings (SSSR count). The van der Waals surface area contributed by atoms with Crippen LogP contribution in [0.25, 0.3) is 0 Å². The van der Waals surface area contributed by atoms with Crippen LogP contribution in [-0.4, -0.2) is 18.4 Å². The average Bonchev–Trinajstić information content (AvgIpc) is 2.57. The van der Waals surface area contributed by atoms with Crippen LogP contribution in [0.3, 0.4) is 0 Å². The molecule has 0 aromatic rings. The number of rotatable bonds is 12. The van der Waals surface area contributed by atoms with Crippen LogP contribution in [0.4, 0.5) is 0 Å². The van der Waals surface area contributed by atoms with E-state index in [0.29, 0.717) is 0 Å². The van der Waals surface area contributed by atoms with Gasteiger partial charge in [0.1, 0.15) is 0 Å². The summed E-state index contributed by atoms with van der Waals surface area (Å²) in [7, 11) is 0. The molecule has 1 aliphatic rings. The summed E-state index contributed by atoms with van der Waals surface area (Å²) in [6.07, 6.45) is 28.4. The third kappa shape index (κ3) is 9.10. The summed E-state index contributed by atoms with van der Waals surface area (Å²) in [6, 6.07) is 0. The van der Waals surface area contributed by atoms with E-state index in [-0.39, 0.29) is 0 Å². The van der Waals surface area contributed by atoms with Crippen LogP contribution in [-0.2, 0) is 0 Å². The van der Waals surface area contributed by atoms with Crippen LogP contribution in [0.5, 0.6) is 0 Å². The molecule has 0 fully saturated rings. The molecule has 0 bridgehead atoms. The van der Waals surface area contributed by atoms with Crippen LogP contribution in [0, 0.1) is 0 Å². The number of unbranched alkanes of at least 4 members (excludes halogenated alkanes) is 3. The molecule has 134 valence electrons. The second kappa shape index (κ2) is 13.8. The van der Waals surface area contributed by atoms with Crippen LogP contribution in [0.1, 0.15) is 59.3 Å². The van der Waals surface area contributed by atoms with Gasteiger partial charge in [0.15, 0.2) is 0 Å². The Hall–Kier alpha value is -0.501. The van der Waals surface area contributed by atoms with Gasteiger partial charge in [-0.2, -0.15) is 0 Å². The van der Waals surface area contributed by atoms with Crippen molar-refractivity contribution in [1.29, 1.82) is 0 Å². The number of hydrogen-bond acceptors (Lipinski definition) is 0. The van der Waals surface area contributed by atoms with Crippen molar-refractivity contribution in [2.75, 3.05) is 0 Å². The van der Waals surface area contributed by atoms with Gasteiger partial charge in [-0.05, 0) is 0 Å². The van der Waals surface area contributed by atoms with E-state index in [1.165, 1.54) is 48.5 Å². The predicted molar refractivity (Wildman–Crippen MR) is 114 cm³/mol. The van der Waals surface area contributed by atoms with E-state index >= 15 is 0 Å². The zero-order chi connectivity index (χ0) is 17.5. The first kappa shape index (κ1) is 21.5. The first-order chi connectivity index (χ1) is 11.8. The third-order valence-electron chi connectivity index (χ3n) is 5.06. The van der Waals surface area contributed by atoms with Crippen molar-refractivity contribution in [3.8, 4) is 0 Å². The molecule has 0 amide bonds. The fraction of sp³-hybridized carbons (Fsp3) is 0.565. The van der Waals surface area contributed by atoms with Crippen molar-refractivity contribution in [2.24, 2.45) is 0 Å². The van der Waals surface area contributed by atoms with Gasteiger partial charge in [0.25, 0.3) is 0 Å². The molecule has 0 aromatic carbocycles. The van der Waals surface area contributed by atoms with Gasteiger partial charge in [0, 0.05) is 0 Å². The molecular formula is C23H38Sn. The molecule has 0 saturated carbocycles. The van der Waals surface area contributed by atoms with Gasteiger partial charge >= 0.3 is 156 Å². The molecule has 0 unspecified atom stereocenters. The van der Waals surface area contributed by atoms with E-state index < -0.39 is 18.4 Å². The van der Waals surface area contributed by atoms with Crippen LogP contribution >= 0.6 is 0 Å². The van der Waals surface area contributed by atoms with Gasteiger partial charge in [-0.15, -0.1) is 0 Å². The first-order valence-electron chi connectivity index (χ1n) is 10.1. The van der Waals surface area contributed by atoms with Gasteiger partial charge in [0.2, 0.25) is 0 Å². The second-order valence-electron chi connectivity index (χ2n) is 7.21. The van der Waals surface area contributed by atoms with E-state index in [9.17, 15) is 0 Å². The van der Waals surface area contributed by atoms with E-state index in [4.69, 9.17) is 0 Å². The van der Waals surface area contributed by atoms with Crippen LogP contribution in [0.15, 0.2) is 60.3 Å². The van der Waals surface area contributed by atoms with Gasteiger partial charge in [-0.1, -0.05) is 0 Å². The van der Waals surface area contributed by atoms with Crippen molar-refractivity contribution in [3.05, 3.63) is 60.3 Å². The maximum atomic E-state index is 2.53. The average molecular weight is 433 g/mol. The van der Waals surface area contributed by atoms with Crippen LogP contribution in [0.2, 0.25) is 17.7 Å². The maximum absolute atomic E-state index is 2.53. The number of hydrogen-bond donors (Lipinski definition) is 0. The summed E-state index contributed by atoms with van der Waals surface area (Å²) < 4.78 is 6.26. The van der Waals surface area contributed by atoms with Gasteiger partial charge < -0.3 is 0 Å². The Morgan fingerprint density at radius 2 is 1.29 bits per heavy atom. The predicted octanol–water partition coefficient (Wildman–Crippen LogP) is 8.00.